The molecule has 0 amide bonds. The lowest BCUT2D eigenvalue weighted by Crippen LogP contribution is -2.02. The third-order valence-electron chi connectivity index (χ3n) is 1.74. The van der Waals surface area contributed by atoms with E-state index in [1.54, 1.807) is 12.1 Å². The molecule has 0 heterocycles. The lowest BCUT2D eigenvalue weighted by Gasteiger charge is -2.16. The van der Waals surface area contributed by atoms with Gasteiger partial charge in [0, 0.05) is 5.56 Å². The maximum absolute atomic E-state index is 12.0. The first-order valence-electron chi connectivity index (χ1n) is 3.16. The highest BCUT2D eigenvalue weighted by atomic mass is 19.3. The number of hydrogen-bond donors (Lipinski definition) is 0. The fourth-order valence-corrected chi connectivity index (χ4v) is 1.23. The molecule has 2 aliphatic carbocycles. The van der Waals surface area contributed by atoms with Gasteiger partial charge in [0.25, 0.3) is 6.43 Å². The third-order valence-corrected chi connectivity index (χ3v) is 1.74. The van der Waals surface area contributed by atoms with Crippen molar-refractivity contribution < 1.29 is 8.78 Å². The highest BCUT2D eigenvalue weighted by Gasteiger charge is 2.15. The quantitative estimate of drug-likeness (QED) is 0.571. The molecule has 2 bridgehead atoms. The van der Waals surface area contributed by atoms with Crippen molar-refractivity contribution in [3.8, 4) is 0 Å². The Kier molecular flexibility index (Phi) is 1.04. The Morgan fingerprint density at radius 3 is 1.90 bits per heavy atom. The summed E-state index contributed by atoms with van der Waals surface area (Å²) < 4.78 is 23.9. The highest BCUT2D eigenvalue weighted by Crippen LogP contribution is 2.28. The van der Waals surface area contributed by atoms with Crippen molar-refractivity contribution in [3.63, 3.8) is 0 Å². The Hall–Kier alpha value is -0.920. The molecule has 1 aromatic carbocycles. The summed E-state index contributed by atoms with van der Waals surface area (Å²) in [6.07, 6.45) is -1.42. The van der Waals surface area contributed by atoms with Crippen LogP contribution < -0.4 is 0 Å². The van der Waals surface area contributed by atoms with Gasteiger partial charge in [0.15, 0.2) is 0 Å². The molecule has 0 aromatic heterocycles. The molecule has 2 aliphatic rings. The predicted molar refractivity (Wildman–Crippen MR) is 34.2 cm³/mol. The number of hydrogen-bond acceptors (Lipinski definition) is 0. The monoisotopic (exact) mass is 140 g/mol. The van der Waals surface area contributed by atoms with Gasteiger partial charge in [-0.15, -0.1) is 0 Å². The second-order valence-electron chi connectivity index (χ2n) is 2.56. The van der Waals surface area contributed by atoms with E-state index in [2.05, 4.69) is 0 Å². The van der Waals surface area contributed by atoms with Crippen LogP contribution in [0.3, 0.4) is 0 Å². The zero-order chi connectivity index (χ0) is 7.14. The van der Waals surface area contributed by atoms with Crippen LogP contribution in [0.4, 0.5) is 8.78 Å². The average molecular weight is 140 g/mol. The van der Waals surface area contributed by atoms with E-state index in [0.29, 0.717) is 0 Å². The van der Waals surface area contributed by atoms with Crippen molar-refractivity contribution in [1.82, 2.24) is 0 Å². The molecule has 3 rings (SSSR count). The molecule has 1 aromatic rings. The van der Waals surface area contributed by atoms with E-state index in [1.165, 1.54) is 0 Å². The number of benzene rings is 1. The van der Waals surface area contributed by atoms with Crippen molar-refractivity contribution in [2.24, 2.45) is 0 Å². The van der Waals surface area contributed by atoms with E-state index >= 15 is 0 Å². The third kappa shape index (κ3) is 0.719. The van der Waals surface area contributed by atoms with Gasteiger partial charge in [-0.2, -0.15) is 0 Å². The van der Waals surface area contributed by atoms with Gasteiger partial charge in [-0.3, -0.25) is 0 Å². The molecule has 0 spiro atoms. The summed E-state index contributed by atoms with van der Waals surface area (Å²) in [6.45, 7) is 0. The van der Waals surface area contributed by atoms with Crippen LogP contribution in [0, 0.1) is 0 Å². The Bertz CT molecular complexity index is 246. The van der Waals surface area contributed by atoms with Crippen molar-refractivity contribution in [3.05, 3.63) is 34.9 Å². The minimum absolute atomic E-state index is 0.166. The van der Waals surface area contributed by atoms with Crippen molar-refractivity contribution in [2.45, 2.75) is 12.8 Å². The van der Waals surface area contributed by atoms with E-state index in [9.17, 15) is 8.78 Å². The lowest BCUT2D eigenvalue weighted by atomic mass is 9.90. The number of rotatable bonds is 1. The second kappa shape index (κ2) is 1.78. The van der Waals surface area contributed by atoms with Gasteiger partial charge in [-0.05, 0) is 29.7 Å². The molecule has 52 valence electrons. The molecule has 0 N–H and O–H groups in total. The van der Waals surface area contributed by atoms with Gasteiger partial charge >= 0.3 is 0 Å². The fraction of sp³-hybridized carbons (Fsp3) is 0.250. The zero-order valence-corrected chi connectivity index (χ0v) is 5.27. The topological polar surface area (TPSA) is 0 Å². The first-order chi connectivity index (χ1) is 4.75. The minimum Gasteiger partial charge on any atom is -0.205 e. The SMILES string of the molecule is FC(F)c1cc2cc(c1)C2. The van der Waals surface area contributed by atoms with Gasteiger partial charge in [0.2, 0.25) is 0 Å². The maximum atomic E-state index is 12.0. The highest BCUT2D eigenvalue weighted by molar-refractivity contribution is 5.42. The standard InChI is InChI=1S/C8H6F2/c9-8(10)7-3-5-1-6(2-5)4-7/h1,3-4,8H,2H2. The Labute approximate surface area is 57.5 Å². The molecule has 0 fully saturated rings. The fourth-order valence-electron chi connectivity index (χ4n) is 1.23. The van der Waals surface area contributed by atoms with Crippen molar-refractivity contribution in [1.29, 1.82) is 0 Å². The van der Waals surface area contributed by atoms with Crippen LogP contribution >= 0.6 is 0 Å². The normalized spacial score (nSPS) is 13.5. The summed E-state index contributed by atoms with van der Waals surface area (Å²) in [6, 6.07) is 5.07. The van der Waals surface area contributed by atoms with Gasteiger partial charge in [-0.1, -0.05) is 6.07 Å². The van der Waals surface area contributed by atoms with Crippen molar-refractivity contribution >= 4 is 0 Å². The van der Waals surface area contributed by atoms with Gasteiger partial charge in [0.1, 0.15) is 0 Å². The van der Waals surface area contributed by atoms with E-state index in [4.69, 9.17) is 0 Å². The second-order valence-corrected chi connectivity index (χ2v) is 2.56. The van der Waals surface area contributed by atoms with Crippen LogP contribution in [0.25, 0.3) is 0 Å². The van der Waals surface area contributed by atoms with E-state index in [-0.39, 0.29) is 5.56 Å². The van der Waals surface area contributed by atoms with Crippen LogP contribution in [0.2, 0.25) is 0 Å². The molecular formula is C8H6F2. The van der Waals surface area contributed by atoms with Crippen molar-refractivity contribution in [2.75, 3.05) is 0 Å². The smallest absolute Gasteiger partial charge is 0.205 e. The first kappa shape index (κ1) is 5.83. The average Bonchev–Trinajstić information content (AvgIpc) is 1.86. The molecular weight excluding hydrogens is 134 g/mol. The van der Waals surface area contributed by atoms with E-state index < -0.39 is 6.43 Å². The number of fused-ring (bicyclic) bond motifs is 2. The van der Waals surface area contributed by atoms with Crippen LogP contribution in [0.5, 0.6) is 0 Å². The summed E-state index contributed by atoms with van der Waals surface area (Å²) in [5.74, 6) is 0. The van der Waals surface area contributed by atoms with Crippen LogP contribution in [-0.2, 0) is 6.42 Å². The summed E-state index contributed by atoms with van der Waals surface area (Å²) in [5, 5.41) is 0. The van der Waals surface area contributed by atoms with Crippen LogP contribution in [0.15, 0.2) is 18.2 Å². The summed E-state index contributed by atoms with van der Waals surface area (Å²) in [4.78, 5) is 0. The van der Waals surface area contributed by atoms with Gasteiger partial charge in [0.05, 0.1) is 0 Å². The molecule has 0 atom stereocenters. The van der Waals surface area contributed by atoms with Gasteiger partial charge < -0.3 is 0 Å². The molecule has 0 aliphatic heterocycles. The predicted octanol–water partition coefficient (Wildman–Crippen LogP) is 2.53. The molecule has 0 nitrogen and oxygen atoms in total. The zero-order valence-electron chi connectivity index (χ0n) is 5.27. The summed E-state index contributed by atoms with van der Waals surface area (Å²) >= 11 is 0. The lowest BCUT2D eigenvalue weighted by molar-refractivity contribution is 0.151. The maximum Gasteiger partial charge on any atom is 0.263 e. The number of alkyl halides is 2. The molecule has 0 saturated heterocycles. The Morgan fingerprint density at radius 1 is 1.10 bits per heavy atom. The van der Waals surface area contributed by atoms with Crippen LogP contribution in [0.1, 0.15) is 23.1 Å². The first-order valence-corrected chi connectivity index (χ1v) is 3.16. The van der Waals surface area contributed by atoms with Crippen LogP contribution in [-0.4, -0.2) is 0 Å². The summed E-state index contributed by atoms with van der Waals surface area (Å²) in [5.41, 5.74) is 2.24. The largest absolute Gasteiger partial charge is 0.263 e. The molecule has 0 radical (unpaired) electrons. The number of halogens is 2. The van der Waals surface area contributed by atoms with E-state index in [0.717, 1.165) is 17.5 Å². The Morgan fingerprint density at radius 2 is 1.60 bits per heavy atom. The molecule has 2 heteroatoms. The minimum atomic E-state index is -2.31. The van der Waals surface area contributed by atoms with E-state index in [1.807, 2.05) is 6.07 Å². The molecule has 0 saturated carbocycles. The molecule has 0 unspecified atom stereocenters. The Balaban J connectivity index is 2.42. The summed E-state index contributed by atoms with van der Waals surface area (Å²) in [7, 11) is 0. The molecule has 10 heavy (non-hydrogen) atoms. The van der Waals surface area contributed by atoms with Gasteiger partial charge in [-0.25, -0.2) is 8.78 Å².